The number of ether oxygens (including phenoxy) is 1. The molecule has 1 aromatic carbocycles. The number of hydrogen-bond donors (Lipinski definition) is 1. The van der Waals surface area contributed by atoms with Crippen LogP contribution in [0.4, 0.5) is 0 Å². The zero-order valence-electron chi connectivity index (χ0n) is 10.0. The number of nitrogens with one attached hydrogen (secondary N) is 1. The maximum Gasteiger partial charge on any atom is 0.125 e. The lowest BCUT2D eigenvalue weighted by Crippen LogP contribution is -2.14. The molecule has 2 nitrogen and oxygen atoms in total. The summed E-state index contributed by atoms with van der Waals surface area (Å²) in [6, 6.07) is 6.36. The van der Waals surface area contributed by atoms with Gasteiger partial charge in [-0.15, -0.1) is 0 Å². The summed E-state index contributed by atoms with van der Waals surface area (Å²) in [7, 11) is 1.94. The lowest BCUT2D eigenvalue weighted by Gasteiger charge is -2.17. The lowest BCUT2D eigenvalue weighted by atomic mass is 10.1. The molecule has 0 amide bonds. The molecule has 3 heteroatoms. The number of benzene rings is 1. The average Bonchev–Trinajstić information content (AvgIpc) is 2.25. The first-order valence-electron chi connectivity index (χ1n) is 5.28. The molecular weight excluding hydrogens is 266 g/mol. The van der Waals surface area contributed by atoms with Crippen molar-refractivity contribution in [3.05, 3.63) is 40.4 Å². The van der Waals surface area contributed by atoms with Crippen molar-refractivity contribution >= 4 is 15.9 Å². The van der Waals surface area contributed by atoms with Crippen LogP contribution in [0.25, 0.3) is 0 Å². The van der Waals surface area contributed by atoms with Crippen LogP contribution in [-0.4, -0.2) is 13.7 Å². The van der Waals surface area contributed by atoms with Gasteiger partial charge in [-0.25, -0.2) is 0 Å². The summed E-state index contributed by atoms with van der Waals surface area (Å²) in [5.74, 6) is 0.902. The Morgan fingerprint density at radius 2 is 2.25 bits per heavy atom. The molecule has 0 heterocycles. The van der Waals surface area contributed by atoms with Crippen LogP contribution in [0.1, 0.15) is 25.5 Å². The minimum Gasteiger partial charge on any atom is -0.489 e. The van der Waals surface area contributed by atoms with Crippen LogP contribution < -0.4 is 10.1 Å². The molecule has 0 radical (unpaired) electrons. The summed E-state index contributed by atoms with van der Waals surface area (Å²) in [5.41, 5.74) is 2.18. The van der Waals surface area contributed by atoms with Gasteiger partial charge in [0.1, 0.15) is 12.4 Å². The quantitative estimate of drug-likeness (QED) is 0.833. The molecule has 0 aliphatic rings. The van der Waals surface area contributed by atoms with Crippen molar-refractivity contribution in [3.8, 4) is 5.75 Å². The van der Waals surface area contributed by atoms with Gasteiger partial charge in [-0.1, -0.05) is 28.6 Å². The van der Waals surface area contributed by atoms with E-state index in [1.165, 1.54) is 0 Å². The Labute approximate surface area is 106 Å². The Morgan fingerprint density at radius 3 is 2.81 bits per heavy atom. The van der Waals surface area contributed by atoms with Crippen molar-refractivity contribution in [3.63, 3.8) is 0 Å². The third kappa shape index (κ3) is 3.65. The van der Waals surface area contributed by atoms with Crippen LogP contribution in [0.3, 0.4) is 0 Å². The zero-order chi connectivity index (χ0) is 12.1. The van der Waals surface area contributed by atoms with Crippen LogP contribution >= 0.6 is 15.9 Å². The largest absolute Gasteiger partial charge is 0.489 e. The van der Waals surface area contributed by atoms with Gasteiger partial charge in [0.25, 0.3) is 0 Å². The summed E-state index contributed by atoms with van der Waals surface area (Å²) in [6.45, 7) is 8.46. The van der Waals surface area contributed by atoms with E-state index in [0.717, 1.165) is 21.4 Å². The Kier molecular flexibility index (Phi) is 5.03. The van der Waals surface area contributed by atoms with Crippen molar-refractivity contribution in [2.75, 3.05) is 13.7 Å². The molecule has 0 spiro atoms. The van der Waals surface area contributed by atoms with E-state index in [4.69, 9.17) is 4.74 Å². The molecule has 88 valence electrons. The van der Waals surface area contributed by atoms with Gasteiger partial charge < -0.3 is 10.1 Å². The predicted molar refractivity (Wildman–Crippen MR) is 71.9 cm³/mol. The van der Waals surface area contributed by atoms with E-state index in [9.17, 15) is 0 Å². The topological polar surface area (TPSA) is 21.3 Å². The molecule has 1 atom stereocenters. The number of hydrogen-bond acceptors (Lipinski definition) is 2. The van der Waals surface area contributed by atoms with Crippen LogP contribution in [0, 0.1) is 0 Å². The maximum atomic E-state index is 5.73. The average molecular weight is 284 g/mol. The molecule has 0 fully saturated rings. The molecule has 0 saturated carbocycles. The highest BCUT2D eigenvalue weighted by Gasteiger charge is 2.10. The molecule has 1 N–H and O–H groups in total. The van der Waals surface area contributed by atoms with Gasteiger partial charge >= 0.3 is 0 Å². The summed E-state index contributed by atoms with van der Waals surface area (Å²) < 4.78 is 6.76. The van der Waals surface area contributed by atoms with E-state index < -0.39 is 0 Å². The first-order valence-corrected chi connectivity index (χ1v) is 6.07. The molecule has 0 aromatic heterocycles. The third-order valence-corrected chi connectivity index (χ3v) is 2.84. The van der Waals surface area contributed by atoms with Gasteiger partial charge in [0.2, 0.25) is 0 Å². The highest BCUT2D eigenvalue weighted by molar-refractivity contribution is 9.10. The van der Waals surface area contributed by atoms with Gasteiger partial charge in [-0.2, -0.15) is 0 Å². The smallest absolute Gasteiger partial charge is 0.125 e. The fraction of sp³-hybridized carbons (Fsp3) is 0.385. The summed E-state index contributed by atoms with van der Waals surface area (Å²) in [4.78, 5) is 0. The van der Waals surface area contributed by atoms with E-state index in [-0.39, 0.29) is 6.04 Å². The highest BCUT2D eigenvalue weighted by Crippen LogP contribution is 2.28. The first-order chi connectivity index (χ1) is 7.54. The molecule has 1 rings (SSSR count). The van der Waals surface area contributed by atoms with Crippen LogP contribution in [0.2, 0.25) is 0 Å². The molecule has 0 saturated heterocycles. The molecular formula is C13H18BrNO. The molecule has 16 heavy (non-hydrogen) atoms. The van der Waals surface area contributed by atoms with Crippen molar-refractivity contribution < 1.29 is 4.74 Å². The van der Waals surface area contributed by atoms with E-state index in [2.05, 4.69) is 40.8 Å². The van der Waals surface area contributed by atoms with Gasteiger partial charge in [0, 0.05) is 16.1 Å². The van der Waals surface area contributed by atoms with Gasteiger partial charge in [-0.3, -0.25) is 0 Å². The Balaban J connectivity index is 2.93. The first kappa shape index (κ1) is 13.3. The summed E-state index contributed by atoms with van der Waals surface area (Å²) in [6.07, 6.45) is 0. The number of halogens is 1. The number of rotatable bonds is 5. The Morgan fingerprint density at radius 1 is 1.56 bits per heavy atom. The fourth-order valence-electron chi connectivity index (χ4n) is 1.35. The van der Waals surface area contributed by atoms with Gasteiger partial charge in [0.05, 0.1) is 0 Å². The Bertz CT molecular complexity index is 376. The second-order valence-electron chi connectivity index (χ2n) is 3.94. The van der Waals surface area contributed by atoms with Crippen LogP contribution in [0.5, 0.6) is 5.75 Å². The standard InChI is InChI=1S/C13H18BrNO/c1-9(2)8-16-13-7-11(14)5-6-12(13)10(3)15-4/h5-7,10,15H,1,8H2,2-4H3. The van der Waals surface area contributed by atoms with Crippen LogP contribution in [-0.2, 0) is 0 Å². The molecule has 0 bridgehead atoms. The van der Waals surface area contributed by atoms with E-state index in [1.54, 1.807) is 0 Å². The van der Waals surface area contributed by atoms with Crippen molar-refractivity contribution in [1.29, 1.82) is 0 Å². The van der Waals surface area contributed by atoms with Gasteiger partial charge in [-0.05, 0) is 38.6 Å². The van der Waals surface area contributed by atoms with E-state index >= 15 is 0 Å². The van der Waals surface area contributed by atoms with Crippen LogP contribution in [0.15, 0.2) is 34.8 Å². The molecule has 0 aliphatic carbocycles. The molecule has 0 aliphatic heterocycles. The zero-order valence-corrected chi connectivity index (χ0v) is 11.6. The SMILES string of the molecule is C=C(C)COc1cc(Br)ccc1C(C)NC. The predicted octanol–water partition coefficient (Wildman–Crippen LogP) is 3.68. The maximum absolute atomic E-state index is 5.73. The third-order valence-electron chi connectivity index (χ3n) is 2.35. The lowest BCUT2D eigenvalue weighted by molar-refractivity contribution is 0.345. The van der Waals surface area contributed by atoms with Crippen molar-refractivity contribution in [1.82, 2.24) is 5.32 Å². The van der Waals surface area contributed by atoms with Crippen molar-refractivity contribution in [2.45, 2.75) is 19.9 Å². The normalized spacial score (nSPS) is 12.2. The minimum absolute atomic E-state index is 0.272. The highest BCUT2D eigenvalue weighted by atomic mass is 79.9. The van der Waals surface area contributed by atoms with E-state index in [1.807, 2.05) is 26.1 Å². The van der Waals surface area contributed by atoms with E-state index in [0.29, 0.717) is 6.61 Å². The monoisotopic (exact) mass is 283 g/mol. The molecule has 1 aromatic rings. The molecule has 1 unspecified atom stereocenters. The summed E-state index contributed by atoms with van der Waals surface area (Å²) in [5, 5.41) is 3.21. The Hall–Kier alpha value is -0.800. The fourth-order valence-corrected chi connectivity index (χ4v) is 1.69. The second-order valence-corrected chi connectivity index (χ2v) is 4.85. The van der Waals surface area contributed by atoms with Crippen molar-refractivity contribution in [2.24, 2.45) is 0 Å². The summed E-state index contributed by atoms with van der Waals surface area (Å²) >= 11 is 3.45. The second kappa shape index (κ2) is 6.06. The minimum atomic E-state index is 0.272. The van der Waals surface area contributed by atoms with Gasteiger partial charge in [0.15, 0.2) is 0 Å².